The van der Waals surface area contributed by atoms with E-state index in [-0.39, 0.29) is 12.2 Å². The van der Waals surface area contributed by atoms with E-state index < -0.39 is 0 Å². The summed E-state index contributed by atoms with van der Waals surface area (Å²) in [6.45, 7) is 4.47. The highest BCUT2D eigenvalue weighted by atomic mass is 16.6. The van der Waals surface area contributed by atoms with Crippen LogP contribution in [-0.2, 0) is 4.74 Å². The maximum atomic E-state index is 11.1. The standard InChI is InChI=1S/C8H14N2O2/c1-3-5-10-7(9)6(4-2)12-8(10)11/h6,9H,3-5H2,1-2H3. The molecule has 0 aliphatic carbocycles. The largest absolute Gasteiger partial charge is 0.438 e. The van der Waals surface area contributed by atoms with Crippen molar-refractivity contribution in [1.82, 2.24) is 4.90 Å². The number of carbonyl (C=O) groups excluding carboxylic acids is 1. The molecule has 1 unspecified atom stereocenters. The zero-order valence-electron chi connectivity index (χ0n) is 7.46. The number of amidine groups is 1. The minimum absolute atomic E-state index is 0.310. The van der Waals surface area contributed by atoms with Crippen LogP contribution in [0.1, 0.15) is 26.7 Å². The van der Waals surface area contributed by atoms with Crippen molar-refractivity contribution < 1.29 is 9.53 Å². The molecule has 0 radical (unpaired) electrons. The van der Waals surface area contributed by atoms with Crippen LogP contribution in [0.3, 0.4) is 0 Å². The van der Waals surface area contributed by atoms with E-state index in [2.05, 4.69) is 0 Å². The van der Waals surface area contributed by atoms with Crippen molar-refractivity contribution in [1.29, 1.82) is 5.41 Å². The molecule has 1 aliphatic rings. The van der Waals surface area contributed by atoms with Gasteiger partial charge in [-0.1, -0.05) is 13.8 Å². The van der Waals surface area contributed by atoms with E-state index in [9.17, 15) is 4.79 Å². The van der Waals surface area contributed by atoms with Gasteiger partial charge in [0, 0.05) is 6.54 Å². The zero-order chi connectivity index (χ0) is 9.14. The van der Waals surface area contributed by atoms with Crippen LogP contribution in [-0.4, -0.2) is 29.5 Å². The Morgan fingerprint density at radius 3 is 2.67 bits per heavy atom. The molecule has 0 saturated carbocycles. The molecule has 68 valence electrons. The van der Waals surface area contributed by atoms with Crippen LogP contribution in [0.2, 0.25) is 0 Å². The molecular formula is C8H14N2O2. The van der Waals surface area contributed by atoms with E-state index in [1.807, 2.05) is 13.8 Å². The van der Waals surface area contributed by atoms with Crippen molar-refractivity contribution >= 4 is 11.9 Å². The molecule has 4 heteroatoms. The van der Waals surface area contributed by atoms with E-state index in [4.69, 9.17) is 10.1 Å². The van der Waals surface area contributed by atoms with Gasteiger partial charge in [-0.3, -0.25) is 10.3 Å². The smallest absolute Gasteiger partial charge is 0.416 e. The van der Waals surface area contributed by atoms with Gasteiger partial charge in [0.25, 0.3) is 0 Å². The van der Waals surface area contributed by atoms with Gasteiger partial charge >= 0.3 is 6.09 Å². The first-order valence-electron chi connectivity index (χ1n) is 4.27. The number of carbonyl (C=O) groups is 1. The quantitative estimate of drug-likeness (QED) is 0.699. The Hall–Kier alpha value is -1.06. The Labute approximate surface area is 72.0 Å². The Morgan fingerprint density at radius 2 is 2.25 bits per heavy atom. The van der Waals surface area contributed by atoms with Crippen LogP contribution in [0.15, 0.2) is 0 Å². The first-order chi connectivity index (χ1) is 5.70. The van der Waals surface area contributed by atoms with Gasteiger partial charge in [-0.05, 0) is 12.8 Å². The normalized spacial score (nSPS) is 23.2. The van der Waals surface area contributed by atoms with Gasteiger partial charge in [-0.2, -0.15) is 0 Å². The molecule has 4 nitrogen and oxygen atoms in total. The lowest BCUT2D eigenvalue weighted by Gasteiger charge is -2.10. The van der Waals surface area contributed by atoms with Gasteiger partial charge in [-0.15, -0.1) is 0 Å². The molecule has 0 aromatic carbocycles. The molecule has 1 fully saturated rings. The molecule has 0 spiro atoms. The number of cyclic esters (lactones) is 1. The van der Waals surface area contributed by atoms with E-state index in [1.165, 1.54) is 4.90 Å². The van der Waals surface area contributed by atoms with Gasteiger partial charge in [0.2, 0.25) is 0 Å². The fourth-order valence-corrected chi connectivity index (χ4v) is 1.23. The van der Waals surface area contributed by atoms with E-state index >= 15 is 0 Å². The summed E-state index contributed by atoms with van der Waals surface area (Å²) in [6.07, 6.45) is 0.858. The van der Waals surface area contributed by atoms with Crippen LogP contribution >= 0.6 is 0 Å². The molecular weight excluding hydrogens is 156 g/mol. The summed E-state index contributed by atoms with van der Waals surface area (Å²) < 4.78 is 4.95. The molecule has 1 N–H and O–H groups in total. The van der Waals surface area contributed by atoms with Crippen molar-refractivity contribution in [3.05, 3.63) is 0 Å². The summed E-state index contributed by atoms with van der Waals surface area (Å²) in [7, 11) is 0. The molecule has 1 aliphatic heterocycles. The predicted octanol–water partition coefficient (Wildman–Crippen LogP) is 1.60. The van der Waals surface area contributed by atoms with E-state index in [1.54, 1.807) is 0 Å². The second kappa shape index (κ2) is 3.56. The third-order valence-corrected chi connectivity index (χ3v) is 1.88. The Morgan fingerprint density at radius 1 is 1.58 bits per heavy atom. The molecule has 0 bridgehead atoms. The average Bonchev–Trinajstić information content (AvgIpc) is 2.32. The number of nitrogens with one attached hydrogen (secondary N) is 1. The molecule has 12 heavy (non-hydrogen) atoms. The van der Waals surface area contributed by atoms with Gasteiger partial charge in [0.15, 0.2) is 6.10 Å². The maximum absolute atomic E-state index is 11.1. The molecule has 0 aromatic heterocycles. The minimum atomic E-state index is -0.367. The maximum Gasteiger partial charge on any atom is 0.416 e. The Kier molecular flexibility index (Phi) is 2.68. The van der Waals surface area contributed by atoms with E-state index in [0.29, 0.717) is 18.8 Å². The van der Waals surface area contributed by atoms with Crippen molar-refractivity contribution in [2.24, 2.45) is 0 Å². The monoisotopic (exact) mass is 170 g/mol. The lowest BCUT2D eigenvalue weighted by atomic mass is 10.2. The number of rotatable bonds is 3. The predicted molar refractivity (Wildman–Crippen MR) is 45.3 cm³/mol. The van der Waals surface area contributed by atoms with Crippen molar-refractivity contribution in [3.63, 3.8) is 0 Å². The van der Waals surface area contributed by atoms with Crippen LogP contribution in [0.5, 0.6) is 0 Å². The summed E-state index contributed by atoms with van der Waals surface area (Å²) in [5, 5.41) is 7.58. The highest BCUT2D eigenvalue weighted by Gasteiger charge is 2.35. The zero-order valence-corrected chi connectivity index (χ0v) is 7.46. The molecule has 1 saturated heterocycles. The SMILES string of the molecule is CCCN1C(=N)C(CC)OC1=O. The van der Waals surface area contributed by atoms with Crippen LogP contribution in [0.4, 0.5) is 4.79 Å². The molecule has 1 amide bonds. The number of amides is 1. The fraction of sp³-hybridized carbons (Fsp3) is 0.750. The van der Waals surface area contributed by atoms with Gasteiger partial charge < -0.3 is 4.74 Å². The summed E-state index contributed by atoms with van der Waals surface area (Å²) in [5.41, 5.74) is 0. The lowest BCUT2D eigenvalue weighted by Crippen LogP contribution is -2.31. The van der Waals surface area contributed by atoms with Gasteiger partial charge in [0.05, 0.1) is 0 Å². The lowest BCUT2D eigenvalue weighted by molar-refractivity contribution is 0.133. The average molecular weight is 170 g/mol. The molecule has 0 aromatic rings. The topological polar surface area (TPSA) is 53.4 Å². The van der Waals surface area contributed by atoms with Crippen molar-refractivity contribution in [2.75, 3.05) is 6.54 Å². The number of nitrogens with zero attached hydrogens (tertiary/aromatic N) is 1. The number of ether oxygens (including phenoxy) is 1. The third-order valence-electron chi connectivity index (χ3n) is 1.88. The number of hydrogen-bond acceptors (Lipinski definition) is 3. The first kappa shape index (κ1) is 9.03. The summed E-state index contributed by atoms with van der Waals surface area (Å²) in [4.78, 5) is 12.5. The Bertz CT molecular complexity index is 203. The molecule has 1 heterocycles. The first-order valence-corrected chi connectivity index (χ1v) is 4.27. The van der Waals surface area contributed by atoms with Crippen molar-refractivity contribution in [2.45, 2.75) is 32.8 Å². The minimum Gasteiger partial charge on any atom is -0.438 e. The summed E-state index contributed by atoms with van der Waals surface area (Å²) >= 11 is 0. The summed E-state index contributed by atoms with van der Waals surface area (Å²) in [6, 6.07) is 0. The highest BCUT2D eigenvalue weighted by Crippen LogP contribution is 2.15. The molecule has 1 atom stereocenters. The van der Waals surface area contributed by atoms with Crippen molar-refractivity contribution in [3.8, 4) is 0 Å². The summed E-state index contributed by atoms with van der Waals surface area (Å²) in [5.74, 6) is 0.310. The van der Waals surface area contributed by atoms with Crippen LogP contribution in [0, 0.1) is 5.41 Å². The van der Waals surface area contributed by atoms with E-state index in [0.717, 1.165) is 6.42 Å². The Balaban J connectivity index is 2.64. The second-order valence-electron chi connectivity index (χ2n) is 2.82. The fourth-order valence-electron chi connectivity index (χ4n) is 1.23. The third kappa shape index (κ3) is 1.42. The van der Waals surface area contributed by atoms with Gasteiger partial charge in [-0.25, -0.2) is 4.79 Å². The van der Waals surface area contributed by atoms with Crippen LogP contribution < -0.4 is 0 Å². The second-order valence-corrected chi connectivity index (χ2v) is 2.82. The highest BCUT2D eigenvalue weighted by molar-refractivity contribution is 6.01. The molecule has 1 rings (SSSR count). The van der Waals surface area contributed by atoms with Gasteiger partial charge in [0.1, 0.15) is 5.84 Å². The number of hydrogen-bond donors (Lipinski definition) is 1. The van der Waals surface area contributed by atoms with Crippen LogP contribution in [0.25, 0.3) is 0 Å².